The summed E-state index contributed by atoms with van der Waals surface area (Å²) in [6.07, 6.45) is -0.886. The molecule has 0 aliphatic carbocycles. The Bertz CT molecular complexity index is 710. The normalized spacial score (nSPS) is 11.9. The van der Waals surface area contributed by atoms with Crippen LogP contribution in [0.3, 0.4) is 0 Å². The summed E-state index contributed by atoms with van der Waals surface area (Å²) in [5, 5.41) is 2.48. The topological polar surface area (TPSA) is 38.3 Å². The van der Waals surface area contributed by atoms with Crippen molar-refractivity contribution < 1.29 is 18.3 Å². The van der Waals surface area contributed by atoms with Crippen LogP contribution in [0.15, 0.2) is 36.4 Å². The van der Waals surface area contributed by atoms with E-state index < -0.39 is 23.6 Å². The largest absolute Gasteiger partial charge is 0.481 e. The minimum absolute atomic E-state index is 0.0744. The maximum Gasteiger partial charge on any atom is 0.265 e. The molecule has 0 aliphatic heterocycles. The van der Waals surface area contributed by atoms with E-state index >= 15 is 0 Å². The minimum Gasteiger partial charge on any atom is -0.481 e. The molecule has 0 aliphatic rings. The van der Waals surface area contributed by atoms with E-state index in [1.54, 1.807) is 0 Å². The lowest BCUT2D eigenvalue weighted by Crippen LogP contribution is -2.30. The molecule has 0 fully saturated rings. The van der Waals surface area contributed by atoms with Crippen LogP contribution in [0.5, 0.6) is 5.75 Å². The molecule has 2 rings (SSSR count). The second-order valence-electron chi connectivity index (χ2n) is 4.45. The maximum atomic E-state index is 13.0. The van der Waals surface area contributed by atoms with E-state index in [1.807, 2.05) is 0 Å². The fourth-order valence-corrected chi connectivity index (χ4v) is 2.02. The van der Waals surface area contributed by atoms with Gasteiger partial charge in [-0.25, -0.2) is 8.78 Å². The van der Waals surface area contributed by atoms with Crippen molar-refractivity contribution in [3.8, 4) is 5.75 Å². The molecule has 2 aromatic rings. The van der Waals surface area contributed by atoms with Crippen LogP contribution in [0.4, 0.5) is 14.5 Å². The Morgan fingerprint density at radius 3 is 2.50 bits per heavy atom. The van der Waals surface area contributed by atoms with Gasteiger partial charge in [-0.3, -0.25) is 4.79 Å². The van der Waals surface area contributed by atoms with Crippen LogP contribution in [-0.2, 0) is 4.79 Å². The van der Waals surface area contributed by atoms with E-state index in [9.17, 15) is 13.6 Å². The van der Waals surface area contributed by atoms with E-state index in [-0.39, 0.29) is 21.5 Å². The molecular formula is C15H11Cl2F2NO2. The summed E-state index contributed by atoms with van der Waals surface area (Å²) >= 11 is 11.5. The van der Waals surface area contributed by atoms with Crippen molar-refractivity contribution in [1.29, 1.82) is 0 Å². The zero-order valence-electron chi connectivity index (χ0n) is 11.4. The Balaban J connectivity index is 2.04. The van der Waals surface area contributed by atoms with Crippen LogP contribution in [-0.4, -0.2) is 12.0 Å². The Morgan fingerprint density at radius 1 is 1.14 bits per heavy atom. The molecule has 0 saturated carbocycles. The number of hydrogen-bond donors (Lipinski definition) is 1. The van der Waals surface area contributed by atoms with Crippen LogP contribution in [0.2, 0.25) is 10.0 Å². The number of benzene rings is 2. The summed E-state index contributed by atoms with van der Waals surface area (Å²) in [5.41, 5.74) is 0.264. The SMILES string of the molecule is C[C@@H](Oc1ccc(F)c(Cl)c1)C(=O)Nc1ccc(F)cc1Cl. The molecule has 1 atom stereocenters. The van der Waals surface area contributed by atoms with E-state index in [4.69, 9.17) is 27.9 Å². The number of halogens is 4. The van der Waals surface area contributed by atoms with Gasteiger partial charge in [0.15, 0.2) is 6.10 Å². The summed E-state index contributed by atoms with van der Waals surface area (Å²) in [4.78, 5) is 12.0. The van der Waals surface area contributed by atoms with Crippen molar-refractivity contribution in [2.24, 2.45) is 0 Å². The van der Waals surface area contributed by atoms with Gasteiger partial charge in [0.05, 0.1) is 15.7 Å². The third-order valence-corrected chi connectivity index (χ3v) is 3.36. The Hall–Kier alpha value is -1.85. The molecule has 1 N–H and O–H groups in total. The van der Waals surface area contributed by atoms with E-state index in [1.165, 1.54) is 31.2 Å². The highest BCUT2D eigenvalue weighted by Gasteiger charge is 2.17. The van der Waals surface area contributed by atoms with Crippen molar-refractivity contribution in [2.75, 3.05) is 5.32 Å². The van der Waals surface area contributed by atoms with Crippen molar-refractivity contribution in [1.82, 2.24) is 0 Å². The number of carbonyl (C=O) groups is 1. The van der Waals surface area contributed by atoms with Crippen molar-refractivity contribution in [2.45, 2.75) is 13.0 Å². The molecule has 2 aromatic carbocycles. The smallest absolute Gasteiger partial charge is 0.265 e. The molecule has 3 nitrogen and oxygen atoms in total. The summed E-state index contributed by atoms with van der Waals surface area (Å²) in [5.74, 6) is -1.33. The van der Waals surface area contributed by atoms with Gasteiger partial charge in [0.25, 0.3) is 5.91 Å². The van der Waals surface area contributed by atoms with E-state index in [2.05, 4.69) is 5.32 Å². The number of ether oxygens (including phenoxy) is 1. The van der Waals surface area contributed by atoms with E-state index in [0.29, 0.717) is 0 Å². The molecule has 22 heavy (non-hydrogen) atoms. The third-order valence-electron chi connectivity index (χ3n) is 2.76. The third kappa shape index (κ3) is 4.08. The first-order valence-corrected chi connectivity index (χ1v) is 7.00. The van der Waals surface area contributed by atoms with Gasteiger partial charge in [-0.05, 0) is 37.3 Å². The van der Waals surface area contributed by atoms with Crippen LogP contribution in [0.1, 0.15) is 6.92 Å². The lowest BCUT2D eigenvalue weighted by Gasteiger charge is -2.15. The second kappa shape index (κ2) is 6.94. The Kier molecular flexibility index (Phi) is 5.21. The lowest BCUT2D eigenvalue weighted by molar-refractivity contribution is -0.122. The molecule has 7 heteroatoms. The van der Waals surface area contributed by atoms with Gasteiger partial charge in [-0.15, -0.1) is 0 Å². The highest BCUT2D eigenvalue weighted by Crippen LogP contribution is 2.24. The number of nitrogens with one attached hydrogen (secondary N) is 1. The Labute approximate surface area is 135 Å². The fraction of sp³-hybridized carbons (Fsp3) is 0.133. The van der Waals surface area contributed by atoms with Crippen LogP contribution >= 0.6 is 23.2 Å². The quantitative estimate of drug-likeness (QED) is 0.873. The van der Waals surface area contributed by atoms with Gasteiger partial charge in [0.2, 0.25) is 0 Å². The number of carbonyl (C=O) groups excluding carboxylic acids is 1. The van der Waals surface area contributed by atoms with E-state index in [0.717, 1.165) is 12.1 Å². The predicted molar refractivity (Wildman–Crippen MR) is 81.5 cm³/mol. The van der Waals surface area contributed by atoms with Gasteiger partial charge in [0, 0.05) is 6.07 Å². The molecule has 0 saturated heterocycles. The predicted octanol–water partition coefficient (Wildman–Crippen LogP) is 4.68. The highest BCUT2D eigenvalue weighted by atomic mass is 35.5. The van der Waals surface area contributed by atoms with Crippen LogP contribution in [0, 0.1) is 11.6 Å². The molecule has 0 spiro atoms. The summed E-state index contributed by atoms with van der Waals surface area (Å²) in [6.45, 7) is 1.50. The zero-order chi connectivity index (χ0) is 16.3. The first-order chi connectivity index (χ1) is 10.4. The summed E-state index contributed by atoms with van der Waals surface area (Å²) in [6, 6.07) is 7.37. The molecule has 0 radical (unpaired) electrons. The number of anilines is 1. The Morgan fingerprint density at radius 2 is 1.86 bits per heavy atom. The molecule has 0 heterocycles. The first kappa shape index (κ1) is 16.5. The number of rotatable bonds is 4. The minimum atomic E-state index is -0.886. The molecule has 1 amide bonds. The van der Waals surface area contributed by atoms with Gasteiger partial charge in [0.1, 0.15) is 17.4 Å². The summed E-state index contributed by atoms with van der Waals surface area (Å²) < 4.78 is 31.4. The van der Waals surface area contributed by atoms with Gasteiger partial charge in [-0.1, -0.05) is 23.2 Å². The standard InChI is InChI=1S/C15H11Cl2F2NO2/c1-8(22-10-3-4-13(19)11(16)7-10)15(21)20-14-5-2-9(18)6-12(14)17/h2-8H,1H3,(H,20,21)/t8-/m1/s1. The number of amides is 1. The maximum absolute atomic E-state index is 13.0. The van der Waals surface area contributed by atoms with Crippen LogP contribution in [0.25, 0.3) is 0 Å². The second-order valence-corrected chi connectivity index (χ2v) is 5.26. The average molecular weight is 346 g/mol. The van der Waals surface area contributed by atoms with Crippen molar-refractivity contribution >= 4 is 34.8 Å². The summed E-state index contributed by atoms with van der Waals surface area (Å²) in [7, 11) is 0. The van der Waals surface area contributed by atoms with Crippen molar-refractivity contribution in [3.05, 3.63) is 58.1 Å². The fourth-order valence-electron chi connectivity index (χ4n) is 1.63. The molecule has 116 valence electrons. The number of hydrogen-bond acceptors (Lipinski definition) is 2. The zero-order valence-corrected chi connectivity index (χ0v) is 12.9. The molecule has 0 aromatic heterocycles. The molecular weight excluding hydrogens is 335 g/mol. The van der Waals surface area contributed by atoms with Gasteiger partial charge < -0.3 is 10.1 Å². The van der Waals surface area contributed by atoms with Gasteiger partial charge in [-0.2, -0.15) is 0 Å². The van der Waals surface area contributed by atoms with Crippen molar-refractivity contribution in [3.63, 3.8) is 0 Å². The van der Waals surface area contributed by atoms with Gasteiger partial charge >= 0.3 is 0 Å². The molecule has 0 unspecified atom stereocenters. The highest BCUT2D eigenvalue weighted by molar-refractivity contribution is 6.33. The lowest BCUT2D eigenvalue weighted by atomic mass is 10.3. The first-order valence-electron chi connectivity index (χ1n) is 6.24. The average Bonchev–Trinajstić information content (AvgIpc) is 2.45. The van der Waals surface area contributed by atoms with Crippen LogP contribution < -0.4 is 10.1 Å². The molecule has 0 bridgehead atoms. The monoisotopic (exact) mass is 345 g/mol.